The Bertz CT molecular complexity index is 404. The molecule has 18 heavy (non-hydrogen) atoms. The van der Waals surface area contributed by atoms with Gasteiger partial charge in [-0.2, -0.15) is 0 Å². The molecule has 0 radical (unpaired) electrons. The highest BCUT2D eigenvalue weighted by Gasteiger charge is 2.43. The number of ether oxygens (including phenoxy) is 2. The first kappa shape index (κ1) is 12.3. The summed E-state index contributed by atoms with van der Waals surface area (Å²) >= 11 is 1.75. The number of aromatic nitrogens is 1. The zero-order chi connectivity index (χ0) is 12.4. The van der Waals surface area contributed by atoms with Gasteiger partial charge in [0.05, 0.1) is 12.7 Å². The predicted molar refractivity (Wildman–Crippen MR) is 71.4 cm³/mol. The third-order valence-corrected chi connectivity index (χ3v) is 4.59. The number of pyridine rings is 1. The summed E-state index contributed by atoms with van der Waals surface area (Å²) in [5.41, 5.74) is 5.56. The lowest BCUT2D eigenvalue weighted by atomic mass is 10.2. The molecule has 5 heteroatoms. The van der Waals surface area contributed by atoms with E-state index in [1.807, 2.05) is 12.1 Å². The monoisotopic (exact) mass is 266 g/mol. The summed E-state index contributed by atoms with van der Waals surface area (Å²) < 4.78 is 11.9. The van der Waals surface area contributed by atoms with Crippen molar-refractivity contribution in [3.63, 3.8) is 0 Å². The summed E-state index contributed by atoms with van der Waals surface area (Å²) in [7, 11) is 0. The van der Waals surface area contributed by atoms with E-state index in [9.17, 15) is 0 Å². The fraction of sp³-hybridized carbons (Fsp3) is 0.615. The SMILES string of the molecule is Nc1ccc(SCC2COC3(CCCC3)O2)cn1. The Kier molecular flexibility index (Phi) is 3.46. The fourth-order valence-electron chi connectivity index (χ4n) is 2.54. The lowest BCUT2D eigenvalue weighted by Crippen LogP contribution is -2.27. The van der Waals surface area contributed by atoms with Crippen molar-refractivity contribution in [3.8, 4) is 0 Å². The average molecular weight is 266 g/mol. The largest absolute Gasteiger partial charge is 0.384 e. The van der Waals surface area contributed by atoms with Gasteiger partial charge < -0.3 is 15.2 Å². The molecule has 2 aliphatic rings. The van der Waals surface area contributed by atoms with E-state index >= 15 is 0 Å². The number of nitrogen functional groups attached to an aromatic ring is 1. The molecule has 1 unspecified atom stereocenters. The van der Waals surface area contributed by atoms with Gasteiger partial charge in [-0.1, -0.05) is 0 Å². The Labute approximate surface area is 111 Å². The maximum atomic E-state index is 6.07. The minimum absolute atomic E-state index is 0.200. The zero-order valence-corrected chi connectivity index (χ0v) is 11.1. The topological polar surface area (TPSA) is 57.4 Å². The standard InChI is InChI=1S/C13H18N2O2S/c14-12-4-3-11(7-15-12)18-9-10-8-16-13(17-10)5-1-2-6-13/h3-4,7,10H,1-2,5-6,8-9H2,(H2,14,15). The molecule has 1 aromatic heterocycles. The number of thioether (sulfide) groups is 1. The Morgan fingerprint density at radius 1 is 1.39 bits per heavy atom. The van der Waals surface area contributed by atoms with Crippen LogP contribution in [0, 0.1) is 0 Å². The molecule has 0 bridgehead atoms. The van der Waals surface area contributed by atoms with Gasteiger partial charge in [0.15, 0.2) is 5.79 Å². The number of anilines is 1. The second-order valence-corrected chi connectivity index (χ2v) is 5.99. The molecule has 0 amide bonds. The van der Waals surface area contributed by atoms with E-state index in [0.717, 1.165) is 30.1 Å². The molecule has 0 aromatic carbocycles. The second-order valence-electron chi connectivity index (χ2n) is 4.90. The van der Waals surface area contributed by atoms with Crippen molar-refractivity contribution in [2.75, 3.05) is 18.1 Å². The van der Waals surface area contributed by atoms with Gasteiger partial charge in [-0.15, -0.1) is 11.8 Å². The van der Waals surface area contributed by atoms with Gasteiger partial charge in [0.25, 0.3) is 0 Å². The average Bonchev–Trinajstić information content (AvgIpc) is 3.00. The van der Waals surface area contributed by atoms with Gasteiger partial charge in [-0.3, -0.25) is 0 Å². The minimum Gasteiger partial charge on any atom is -0.384 e. The summed E-state index contributed by atoms with van der Waals surface area (Å²) in [4.78, 5) is 5.21. The van der Waals surface area contributed by atoms with E-state index in [-0.39, 0.29) is 11.9 Å². The van der Waals surface area contributed by atoms with Crippen molar-refractivity contribution in [2.24, 2.45) is 0 Å². The molecule has 1 spiro atoms. The molecule has 2 heterocycles. The molecule has 1 aliphatic carbocycles. The Morgan fingerprint density at radius 2 is 2.22 bits per heavy atom. The number of hydrogen-bond donors (Lipinski definition) is 1. The van der Waals surface area contributed by atoms with Crippen LogP contribution in [0.1, 0.15) is 25.7 Å². The number of hydrogen-bond acceptors (Lipinski definition) is 5. The number of nitrogens with two attached hydrogens (primary N) is 1. The Balaban J connectivity index is 1.51. The molecular formula is C13H18N2O2S. The van der Waals surface area contributed by atoms with Crippen molar-refractivity contribution < 1.29 is 9.47 Å². The van der Waals surface area contributed by atoms with Crippen LogP contribution in [0.4, 0.5) is 5.82 Å². The zero-order valence-electron chi connectivity index (χ0n) is 10.3. The molecule has 1 saturated heterocycles. The van der Waals surface area contributed by atoms with E-state index in [0.29, 0.717) is 5.82 Å². The normalized spacial score (nSPS) is 25.9. The molecule has 3 rings (SSSR count). The van der Waals surface area contributed by atoms with E-state index < -0.39 is 0 Å². The van der Waals surface area contributed by atoms with Gasteiger partial charge in [0.2, 0.25) is 0 Å². The number of nitrogens with zero attached hydrogens (tertiary/aromatic N) is 1. The van der Waals surface area contributed by atoms with Gasteiger partial charge >= 0.3 is 0 Å². The molecule has 1 saturated carbocycles. The summed E-state index contributed by atoms with van der Waals surface area (Å²) in [6, 6.07) is 3.82. The quantitative estimate of drug-likeness (QED) is 0.852. The van der Waals surface area contributed by atoms with E-state index in [2.05, 4.69) is 4.98 Å². The van der Waals surface area contributed by atoms with Gasteiger partial charge in [-0.05, 0) is 25.0 Å². The van der Waals surface area contributed by atoms with Crippen molar-refractivity contribution >= 4 is 17.6 Å². The Hall–Kier alpha value is -0.780. The smallest absolute Gasteiger partial charge is 0.168 e. The molecule has 2 fully saturated rings. The Morgan fingerprint density at radius 3 is 2.94 bits per heavy atom. The maximum absolute atomic E-state index is 6.07. The lowest BCUT2D eigenvalue weighted by Gasteiger charge is -2.21. The second kappa shape index (κ2) is 5.07. The fourth-order valence-corrected chi connectivity index (χ4v) is 3.38. The predicted octanol–water partition coefficient (Wildman–Crippen LogP) is 2.44. The first-order chi connectivity index (χ1) is 8.76. The minimum atomic E-state index is -0.245. The van der Waals surface area contributed by atoms with Gasteiger partial charge in [0.1, 0.15) is 5.82 Å². The highest BCUT2D eigenvalue weighted by Crippen LogP contribution is 2.40. The summed E-state index contributed by atoms with van der Waals surface area (Å²) in [6.07, 6.45) is 6.56. The first-order valence-corrected chi connectivity index (χ1v) is 7.40. The van der Waals surface area contributed by atoms with Crippen LogP contribution < -0.4 is 5.73 Å². The van der Waals surface area contributed by atoms with Crippen LogP contribution in [-0.2, 0) is 9.47 Å². The lowest BCUT2D eigenvalue weighted by molar-refractivity contribution is -0.159. The van der Waals surface area contributed by atoms with Crippen LogP contribution in [-0.4, -0.2) is 29.2 Å². The third kappa shape index (κ3) is 2.63. The van der Waals surface area contributed by atoms with Crippen LogP contribution in [0.2, 0.25) is 0 Å². The summed E-state index contributed by atoms with van der Waals surface area (Å²) in [5.74, 6) is 1.22. The summed E-state index contributed by atoms with van der Waals surface area (Å²) in [6.45, 7) is 0.718. The molecule has 1 atom stereocenters. The van der Waals surface area contributed by atoms with Crippen molar-refractivity contribution in [3.05, 3.63) is 18.3 Å². The van der Waals surface area contributed by atoms with Crippen LogP contribution in [0.3, 0.4) is 0 Å². The number of rotatable bonds is 3. The highest BCUT2D eigenvalue weighted by atomic mass is 32.2. The third-order valence-electron chi connectivity index (χ3n) is 3.47. The maximum Gasteiger partial charge on any atom is 0.168 e. The van der Waals surface area contributed by atoms with Crippen molar-refractivity contribution in [2.45, 2.75) is 42.5 Å². The van der Waals surface area contributed by atoms with Gasteiger partial charge in [-0.25, -0.2) is 4.98 Å². The van der Waals surface area contributed by atoms with Crippen LogP contribution in [0.25, 0.3) is 0 Å². The van der Waals surface area contributed by atoms with E-state index in [1.54, 1.807) is 18.0 Å². The van der Waals surface area contributed by atoms with Crippen LogP contribution in [0.5, 0.6) is 0 Å². The molecule has 1 aliphatic heterocycles. The first-order valence-electron chi connectivity index (χ1n) is 6.42. The molecule has 1 aromatic rings. The van der Waals surface area contributed by atoms with Crippen LogP contribution in [0.15, 0.2) is 23.2 Å². The molecule has 98 valence electrons. The van der Waals surface area contributed by atoms with Crippen LogP contribution >= 0.6 is 11.8 Å². The molecular weight excluding hydrogens is 248 g/mol. The van der Waals surface area contributed by atoms with E-state index in [1.165, 1.54) is 12.8 Å². The van der Waals surface area contributed by atoms with Crippen molar-refractivity contribution in [1.82, 2.24) is 4.98 Å². The molecule has 2 N–H and O–H groups in total. The molecule has 4 nitrogen and oxygen atoms in total. The summed E-state index contributed by atoms with van der Waals surface area (Å²) in [5, 5.41) is 0. The van der Waals surface area contributed by atoms with Crippen molar-refractivity contribution in [1.29, 1.82) is 0 Å². The van der Waals surface area contributed by atoms with E-state index in [4.69, 9.17) is 15.2 Å². The highest BCUT2D eigenvalue weighted by molar-refractivity contribution is 7.99. The van der Waals surface area contributed by atoms with Gasteiger partial charge in [0, 0.05) is 29.7 Å².